The number of thioether (sulfide) groups is 1. The minimum atomic E-state index is -0.641. The number of hydrogen-bond donors (Lipinski definition) is 2. The lowest BCUT2D eigenvalue weighted by Crippen LogP contribution is -2.46. The Bertz CT molecular complexity index is 180. The fourth-order valence-electron chi connectivity index (χ4n) is 1.75. The molecule has 2 unspecified atom stereocenters. The Hall–Kier alpha value is 0.230. The van der Waals surface area contributed by atoms with Crippen LogP contribution >= 0.6 is 11.8 Å². The number of nitrogens with one attached hydrogen (secondary N) is 1. The molecule has 0 saturated carbocycles. The quantitative estimate of drug-likeness (QED) is 0.650. The predicted octanol–water partition coefficient (Wildman–Crippen LogP) is 1.26. The van der Waals surface area contributed by atoms with Gasteiger partial charge in [-0.25, -0.2) is 0 Å². The zero-order chi connectivity index (χ0) is 11.1. The van der Waals surface area contributed by atoms with Crippen LogP contribution in [0.1, 0.15) is 26.7 Å². The van der Waals surface area contributed by atoms with E-state index in [-0.39, 0.29) is 6.10 Å². The molecule has 1 saturated heterocycles. The first kappa shape index (κ1) is 13.3. The van der Waals surface area contributed by atoms with E-state index in [1.165, 1.54) is 17.9 Å². The maximum absolute atomic E-state index is 10.2. The first-order valence-corrected chi connectivity index (χ1v) is 6.97. The molecule has 0 bridgehead atoms. The third kappa shape index (κ3) is 4.31. The van der Waals surface area contributed by atoms with Crippen LogP contribution in [0.3, 0.4) is 0 Å². The van der Waals surface area contributed by atoms with Crippen LogP contribution in [0.5, 0.6) is 0 Å². The van der Waals surface area contributed by atoms with Crippen LogP contribution < -0.4 is 5.32 Å². The fourth-order valence-corrected chi connectivity index (χ4v) is 2.39. The molecule has 0 aliphatic carbocycles. The maximum Gasteiger partial charge on any atom is 0.105 e. The Kier molecular flexibility index (Phi) is 5.97. The van der Waals surface area contributed by atoms with E-state index in [9.17, 15) is 5.11 Å². The molecule has 0 amide bonds. The third-order valence-electron chi connectivity index (χ3n) is 2.94. The van der Waals surface area contributed by atoms with Gasteiger partial charge in [0.05, 0.1) is 6.10 Å². The van der Waals surface area contributed by atoms with Crippen LogP contribution in [0.4, 0.5) is 0 Å². The van der Waals surface area contributed by atoms with Crippen molar-refractivity contribution < 1.29 is 9.84 Å². The zero-order valence-electron chi connectivity index (χ0n) is 9.79. The standard InChI is InChI=1S/C11H23NO2S/c1-3-15-8-4-6-12-9-11(13)5-7-14-10(11)2/h10,12-13H,3-9H2,1-2H3. The lowest BCUT2D eigenvalue weighted by atomic mass is 9.97. The van der Waals surface area contributed by atoms with Crippen molar-refractivity contribution in [2.24, 2.45) is 0 Å². The Morgan fingerprint density at radius 1 is 1.60 bits per heavy atom. The van der Waals surface area contributed by atoms with Gasteiger partial charge < -0.3 is 15.2 Å². The number of aliphatic hydroxyl groups is 1. The van der Waals surface area contributed by atoms with Gasteiger partial charge in [-0.2, -0.15) is 11.8 Å². The summed E-state index contributed by atoms with van der Waals surface area (Å²) in [7, 11) is 0. The highest BCUT2D eigenvalue weighted by molar-refractivity contribution is 7.99. The highest BCUT2D eigenvalue weighted by Crippen LogP contribution is 2.24. The fraction of sp³-hybridized carbons (Fsp3) is 1.00. The van der Waals surface area contributed by atoms with E-state index in [2.05, 4.69) is 12.2 Å². The van der Waals surface area contributed by atoms with E-state index in [1.807, 2.05) is 18.7 Å². The van der Waals surface area contributed by atoms with Gasteiger partial charge in [0.25, 0.3) is 0 Å². The predicted molar refractivity (Wildman–Crippen MR) is 65.5 cm³/mol. The molecule has 1 rings (SSSR count). The van der Waals surface area contributed by atoms with Crippen molar-refractivity contribution in [3.05, 3.63) is 0 Å². The molecule has 1 heterocycles. The summed E-state index contributed by atoms with van der Waals surface area (Å²) in [5.74, 6) is 2.39. The zero-order valence-corrected chi connectivity index (χ0v) is 10.6. The summed E-state index contributed by atoms with van der Waals surface area (Å²) < 4.78 is 5.37. The third-order valence-corrected chi connectivity index (χ3v) is 3.92. The van der Waals surface area contributed by atoms with Crippen molar-refractivity contribution in [1.29, 1.82) is 0 Å². The normalized spacial score (nSPS) is 31.0. The van der Waals surface area contributed by atoms with E-state index >= 15 is 0 Å². The summed E-state index contributed by atoms with van der Waals surface area (Å²) in [6, 6.07) is 0. The van der Waals surface area contributed by atoms with Crippen molar-refractivity contribution >= 4 is 11.8 Å². The Balaban J connectivity index is 2.04. The molecule has 1 aliphatic heterocycles. The SMILES string of the molecule is CCSCCCNCC1(O)CCOC1C. The van der Waals surface area contributed by atoms with Crippen molar-refractivity contribution in [1.82, 2.24) is 5.32 Å². The van der Waals surface area contributed by atoms with Crippen LogP contribution in [0.15, 0.2) is 0 Å². The number of rotatable bonds is 7. The Morgan fingerprint density at radius 2 is 2.40 bits per heavy atom. The highest BCUT2D eigenvalue weighted by Gasteiger charge is 2.38. The molecule has 2 atom stereocenters. The number of ether oxygens (including phenoxy) is 1. The lowest BCUT2D eigenvalue weighted by molar-refractivity contribution is -0.0259. The second-order valence-electron chi connectivity index (χ2n) is 4.09. The van der Waals surface area contributed by atoms with Gasteiger partial charge in [0, 0.05) is 19.6 Å². The van der Waals surface area contributed by atoms with E-state index in [1.54, 1.807) is 0 Å². The molecule has 0 aromatic heterocycles. The van der Waals surface area contributed by atoms with E-state index in [4.69, 9.17) is 4.74 Å². The first-order chi connectivity index (χ1) is 7.19. The van der Waals surface area contributed by atoms with Crippen molar-refractivity contribution in [2.45, 2.75) is 38.4 Å². The van der Waals surface area contributed by atoms with Crippen molar-refractivity contribution in [3.8, 4) is 0 Å². The second kappa shape index (κ2) is 6.74. The molecule has 1 aliphatic rings. The van der Waals surface area contributed by atoms with Crippen LogP contribution in [0.25, 0.3) is 0 Å². The number of hydrogen-bond acceptors (Lipinski definition) is 4. The molecule has 2 N–H and O–H groups in total. The van der Waals surface area contributed by atoms with E-state index < -0.39 is 5.60 Å². The molecule has 3 nitrogen and oxygen atoms in total. The lowest BCUT2D eigenvalue weighted by Gasteiger charge is -2.26. The molecule has 4 heteroatoms. The van der Waals surface area contributed by atoms with Gasteiger partial charge >= 0.3 is 0 Å². The van der Waals surface area contributed by atoms with Crippen molar-refractivity contribution in [2.75, 3.05) is 31.2 Å². The molecule has 1 fully saturated rings. The van der Waals surface area contributed by atoms with E-state index in [0.29, 0.717) is 13.2 Å². The summed E-state index contributed by atoms with van der Waals surface area (Å²) >= 11 is 1.96. The Labute approximate surface area is 97.0 Å². The molecular formula is C11H23NO2S. The summed E-state index contributed by atoms with van der Waals surface area (Å²) in [5, 5.41) is 13.5. The van der Waals surface area contributed by atoms with Crippen LogP contribution in [-0.4, -0.2) is 48.0 Å². The summed E-state index contributed by atoms with van der Waals surface area (Å²) in [4.78, 5) is 0. The van der Waals surface area contributed by atoms with Gasteiger partial charge in [-0.3, -0.25) is 0 Å². The van der Waals surface area contributed by atoms with Gasteiger partial charge in [-0.15, -0.1) is 0 Å². The van der Waals surface area contributed by atoms with Crippen molar-refractivity contribution in [3.63, 3.8) is 0 Å². The Morgan fingerprint density at radius 3 is 3.00 bits per heavy atom. The van der Waals surface area contributed by atoms with Crippen LogP contribution in [0, 0.1) is 0 Å². The smallest absolute Gasteiger partial charge is 0.105 e. The summed E-state index contributed by atoms with van der Waals surface area (Å²) in [6.07, 6.45) is 1.89. The monoisotopic (exact) mass is 233 g/mol. The summed E-state index contributed by atoms with van der Waals surface area (Å²) in [5.41, 5.74) is -0.641. The average molecular weight is 233 g/mol. The molecule has 0 spiro atoms. The first-order valence-electron chi connectivity index (χ1n) is 5.81. The van der Waals surface area contributed by atoms with Crippen LogP contribution in [0.2, 0.25) is 0 Å². The molecule has 0 aromatic rings. The molecule has 90 valence electrons. The second-order valence-corrected chi connectivity index (χ2v) is 5.49. The van der Waals surface area contributed by atoms with Gasteiger partial charge in [0.2, 0.25) is 0 Å². The molecular weight excluding hydrogens is 210 g/mol. The highest BCUT2D eigenvalue weighted by atomic mass is 32.2. The largest absolute Gasteiger partial charge is 0.386 e. The minimum absolute atomic E-state index is 0.0324. The topological polar surface area (TPSA) is 41.5 Å². The average Bonchev–Trinajstić information content (AvgIpc) is 2.54. The molecule has 15 heavy (non-hydrogen) atoms. The molecule has 0 aromatic carbocycles. The van der Waals surface area contributed by atoms with Crippen LogP contribution in [-0.2, 0) is 4.74 Å². The van der Waals surface area contributed by atoms with E-state index in [0.717, 1.165) is 13.0 Å². The van der Waals surface area contributed by atoms with Gasteiger partial charge in [0.1, 0.15) is 5.60 Å². The molecule has 0 radical (unpaired) electrons. The van der Waals surface area contributed by atoms with Gasteiger partial charge in [-0.1, -0.05) is 6.92 Å². The minimum Gasteiger partial charge on any atom is -0.386 e. The summed E-state index contributed by atoms with van der Waals surface area (Å²) in [6.45, 7) is 6.46. The van der Waals surface area contributed by atoms with Gasteiger partial charge in [0.15, 0.2) is 0 Å². The van der Waals surface area contributed by atoms with Gasteiger partial charge in [-0.05, 0) is 31.4 Å². The maximum atomic E-state index is 10.2.